The van der Waals surface area contributed by atoms with E-state index in [-0.39, 0.29) is 23.5 Å². The molecular weight excluding hydrogens is 346 g/mol. The summed E-state index contributed by atoms with van der Waals surface area (Å²) in [5.41, 5.74) is 1.16. The van der Waals surface area contributed by atoms with Crippen molar-refractivity contribution < 1.29 is 27.9 Å². The van der Waals surface area contributed by atoms with Gasteiger partial charge in [0.05, 0.1) is 18.3 Å². The highest BCUT2D eigenvalue weighted by atomic mass is 19.3. The number of aromatic nitrogens is 1. The van der Waals surface area contributed by atoms with E-state index in [0.29, 0.717) is 16.7 Å². The minimum Gasteiger partial charge on any atom is -0.423 e. The van der Waals surface area contributed by atoms with Gasteiger partial charge in [-0.2, -0.15) is 8.78 Å². The van der Waals surface area contributed by atoms with Crippen LogP contribution in [-0.2, 0) is 11.3 Å². The third-order valence-corrected chi connectivity index (χ3v) is 4.25. The van der Waals surface area contributed by atoms with Crippen LogP contribution in [0.1, 0.15) is 24.3 Å². The predicted octanol–water partition coefficient (Wildman–Crippen LogP) is 3.40. The van der Waals surface area contributed by atoms with Crippen LogP contribution in [-0.4, -0.2) is 22.3 Å². The Kier molecular flexibility index (Phi) is 3.66. The van der Waals surface area contributed by atoms with E-state index in [2.05, 4.69) is 9.89 Å². The number of carbonyl (C=O) groups is 1. The quantitative estimate of drug-likeness (QED) is 0.775. The van der Waals surface area contributed by atoms with E-state index in [1.165, 1.54) is 19.1 Å². The molecule has 0 bridgehead atoms. The normalized spacial score (nSPS) is 17.1. The number of ether oxygens (including phenoxy) is 1. The molecule has 1 atom stereocenters. The minimum absolute atomic E-state index is 0.145. The molecule has 0 radical (unpaired) electrons. The van der Waals surface area contributed by atoms with Gasteiger partial charge in [0, 0.05) is 10.9 Å². The molecule has 1 aromatic heterocycles. The lowest BCUT2D eigenvalue weighted by atomic mass is 10.1. The van der Waals surface area contributed by atoms with Gasteiger partial charge in [0.25, 0.3) is 0 Å². The summed E-state index contributed by atoms with van der Waals surface area (Å²) in [5, 5.41) is 14.4. The molecule has 4 rings (SSSR count). The number of alkyl halides is 2. The van der Waals surface area contributed by atoms with Crippen LogP contribution in [0.3, 0.4) is 0 Å². The number of anilines is 1. The lowest BCUT2D eigenvalue weighted by Gasteiger charge is -2.34. The highest BCUT2D eigenvalue weighted by molar-refractivity contribution is 6.01. The molecule has 1 amide bonds. The van der Waals surface area contributed by atoms with Crippen molar-refractivity contribution in [2.75, 3.05) is 4.90 Å². The summed E-state index contributed by atoms with van der Waals surface area (Å²) in [5.74, 6) is -1.72. The topological polar surface area (TPSA) is 75.8 Å². The van der Waals surface area contributed by atoms with Gasteiger partial charge in [-0.05, 0) is 25.1 Å². The van der Waals surface area contributed by atoms with Crippen LogP contribution in [0.2, 0.25) is 0 Å². The van der Waals surface area contributed by atoms with Crippen LogP contribution in [0.4, 0.5) is 14.5 Å². The van der Waals surface area contributed by atoms with E-state index in [9.17, 15) is 18.7 Å². The number of halogens is 2. The van der Waals surface area contributed by atoms with Crippen LogP contribution >= 0.6 is 0 Å². The van der Waals surface area contributed by atoms with E-state index < -0.39 is 18.1 Å². The summed E-state index contributed by atoms with van der Waals surface area (Å²) in [6.45, 7) is 1.22. The molecule has 26 heavy (non-hydrogen) atoms. The molecule has 6 nitrogen and oxygen atoms in total. The first-order valence-corrected chi connectivity index (χ1v) is 7.91. The zero-order valence-corrected chi connectivity index (χ0v) is 13.6. The Morgan fingerprint density at radius 1 is 1.23 bits per heavy atom. The van der Waals surface area contributed by atoms with Crippen LogP contribution in [0.15, 0.2) is 47.0 Å². The fourth-order valence-electron chi connectivity index (χ4n) is 2.99. The summed E-state index contributed by atoms with van der Waals surface area (Å²) < 4.78 is 38.2. The lowest BCUT2D eigenvalue weighted by molar-refractivity contribution is -0.193. The highest BCUT2D eigenvalue weighted by Gasteiger charge is 2.51. The SMILES string of the molecule is C[C@H](O)c1cccc2c1OC(F)(F)C(=O)N2Cc1noc2ccccc12. The van der Waals surface area contributed by atoms with Gasteiger partial charge in [-0.15, -0.1) is 0 Å². The third kappa shape index (κ3) is 2.50. The van der Waals surface area contributed by atoms with Gasteiger partial charge >= 0.3 is 12.0 Å². The fraction of sp³-hybridized carbons (Fsp3) is 0.222. The molecule has 0 unspecified atom stereocenters. The van der Waals surface area contributed by atoms with E-state index >= 15 is 0 Å². The Bertz CT molecular complexity index is 1000. The second-order valence-corrected chi connectivity index (χ2v) is 6.01. The molecule has 2 aromatic carbocycles. The molecular formula is C18H14F2N2O4. The number of aliphatic hydroxyl groups is 1. The number of hydrogen-bond acceptors (Lipinski definition) is 5. The Morgan fingerprint density at radius 2 is 2.00 bits per heavy atom. The average Bonchev–Trinajstić information content (AvgIpc) is 3.01. The third-order valence-electron chi connectivity index (χ3n) is 4.25. The zero-order valence-electron chi connectivity index (χ0n) is 13.6. The molecule has 0 fully saturated rings. The van der Waals surface area contributed by atoms with Crippen LogP contribution in [0.5, 0.6) is 5.75 Å². The summed E-state index contributed by atoms with van der Waals surface area (Å²) in [6.07, 6.45) is -5.08. The van der Waals surface area contributed by atoms with Gasteiger partial charge in [0.15, 0.2) is 11.3 Å². The number of carbonyl (C=O) groups excluding carboxylic acids is 1. The fourth-order valence-corrected chi connectivity index (χ4v) is 2.99. The molecule has 8 heteroatoms. The van der Waals surface area contributed by atoms with Gasteiger partial charge in [0.1, 0.15) is 5.69 Å². The van der Waals surface area contributed by atoms with E-state index in [4.69, 9.17) is 4.52 Å². The molecule has 0 aliphatic carbocycles. The smallest absolute Gasteiger partial charge is 0.423 e. The number of nitrogens with zero attached hydrogens (tertiary/aromatic N) is 2. The van der Waals surface area contributed by atoms with Gasteiger partial charge in [-0.1, -0.05) is 29.4 Å². The van der Waals surface area contributed by atoms with Crippen molar-refractivity contribution in [2.45, 2.75) is 25.7 Å². The maximum atomic E-state index is 14.2. The number of para-hydroxylation sites is 2. The number of aliphatic hydroxyl groups excluding tert-OH is 1. The van der Waals surface area contributed by atoms with E-state index in [0.717, 1.165) is 4.90 Å². The van der Waals surface area contributed by atoms with Gasteiger partial charge in [-0.3, -0.25) is 9.69 Å². The maximum Gasteiger partial charge on any atom is 0.483 e. The first-order chi connectivity index (χ1) is 12.4. The van der Waals surface area contributed by atoms with Crippen molar-refractivity contribution >= 4 is 22.6 Å². The van der Waals surface area contributed by atoms with Crippen LogP contribution in [0, 0.1) is 0 Å². The summed E-state index contributed by atoms with van der Waals surface area (Å²) in [4.78, 5) is 13.2. The molecule has 1 N–H and O–H groups in total. The molecule has 1 aliphatic rings. The number of hydrogen-bond donors (Lipinski definition) is 1. The number of fused-ring (bicyclic) bond motifs is 2. The standard InChI is InChI=1S/C18H14F2N2O4/c1-10(23)11-6-4-7-14-16(11)25-18(19,20)17(24)22(14)9-13-12-5-2-3-8-15(12)26-21-13/h2-8,10,23H,9H2,1H3/t10-/m0/s1. The number of benzene rings is 2. The second-order valence-electron chi connectivity index (χ2n) is 6.01. The number of rotatable bonds is 3. The van der Waals surface area contributed by atoms with E-state index in [1.807, 2.05) is 0 Å². The highest BCUT2D eigenvalue weighted by Crippen LogP contribution is 2.44. The van der Waals surface area contributed by atoms with Gasteiger partial charge in [-0.25, -0.2) is 0 Å². The molecule has 0 saturated heterocycles. The lowest BCUT2D eigenvalue weighted by Crippen LogP contribution is -2.50. The maximum absolute atomic E-state index is 14.2. The number of amides is 1. The zero-order chi connectivity index (χ0) is 18.5. The summed E-state index contributed by atoms with van der Waals surface area (Å²) in [6, 6.07) is 11.5. The van der Waals surface area contributed by atoms with Crippen molar-refractivity contribution in [1.29, 1.82) is 0 Å². The largest absolute Gasteiger partial charge is 0.483 e. The Labute approximate surface area is 146 Å². The predicted molar refractivity (Wildman–Crippen MR) is 87.8 cm³/mol. The Balaban J connectivity index is 1.83. The Hall–Kier alpha value is -3.00. The monoisotopic (exact) mass is 360 g/mol. The Morgan fingerprint density at radius 3 is 2.77 bits per heavy atom. The molecule has 134 valence electrons. The molecule has 0 saturated carbocycles. The minimum atomic E-state index is -4.04. The summed E-state index contributed by atoms with van der Waals surface area (Å²) >= 11 is 0. The van der Waals surface area contributed by atoms with Crippen molar-refractivity contribution in [1.82, 2.24) is 5.16 Å². The molecule has 0 spiro atoms. The van der Waals surface area contributed by atoms with Crippen LogP contribution in [0.25, 0.3) is 11.0 Å². The average molecular weight is 360 g/mol. The van der Waals surface area contributed by atoms with Gasteiger partial charge in [0.2, 0.25) is 0 Å². The molecule has 1 aliphatic heterocycles. The first-order valence-electron chi connectivity index (χ1n) is 7.91. The van der Waals surface area contributed by atoms with Crippen LogP contribution < -0.4 is 9.64 Å². The van der Waals surface area contributed by atoms with Crippen molar-refractivity contribution in [2.24, 2.45) is 0 Å². The first kappa shape index (κ1) is 16.5. The van der Waals surface area contributed by atoms with Crippen molar-refractivity contribution in [3.8, 4) is 5.75 Å². The van der Waals surface area contributed by atoms with Crippen molar-refractivity contribution in [3.63, 3.8) is 0 Å². The molecule has 3 aromatic rings. The van der Waals surface area contributed by atoms with Crippen molar-refractivity contribution in [3.05, 3.63) is 53.7 Å². The van der Waals surface area contributed by atoms with Gasteiger partial charge < -0.3 is 14.4 Å². The molecule has 2 heterocycles. The van der Waals surface area contributed by atoms with E-state index in [1.54, 1.807) is 30.3 Å². The summed E-state index contributed by atoms with van der Waals surface area (Å²) in [7, 11) is 0. The second kappa shape index (κ2) is 5.77.